The number of morpholine rings is 1. The Morgan fingerprint density at radius 2 is 2.03 bits per heavy atom. The van der Waals surface area contributed by atoms with Crippen molar-refractivity contribution in [1.29, 1.82) is 0 Å². The van der Waals surface area contributed by atoms with E-state index < -0.39 is 0 Å². The van der Waals surface area contributed by atoms with Gasteiger partial charge in [0.05, 0.1) is 19.3 Å². The number of aromatic nitrogens is 1. The van der Waals surface area contributed by atoms with Gasteiger partial charge >= 0.3 is 0 Å². The summed E-state index contributed by atoms with van der Waals surface area (Å²) in [7, 11) is 0. The lowest BCUT2D eigenvalue weighted by Gasteiger charge is -2.34. The van der Waals surface area contributed by atoms with Crippen LogP contribution in [0.5, 0.6) is 0 Å². The van der Waals surface area contributed by atoms with Crippen LogP contribution in [-0.4, -0.2) is 48.8 Å². The normalized spacial score (nSPS) is 15.9. The highest BCUT2D eigenvalue weighted by atomic mass is 32.1. The lowest BCUT2D eigenvalue weighted by Crippen LogP contribution is -2.43. The molecule has 7 heteroatoms. The van der Waals surface area contributed by atoms with Crippen molar-refractivity contribution in [3.8, 4) is 11.3 Å². The van der Waals surface area contributed by atoms with E-state index in [1.165, 1.54) is 16.0 Å². The van der Waals surface area contributed by atoms with Crippen LogP contribution in [0.4, 0.5) is 0 Å². The van der Waals surface area contributed by atoms with Crippen LogP contribution in [0.2, 0.25) is 0 Å². The number of ether oxygens (including phenoxy) is 1. The van der Waals surface area contributed by atoms with Gasteiger partial charge in [-0.05, 0) is 42.5 Å². The molecule has 1 N–H and O–H groups in total. The van der Waals surface area contributed by atoms with Gasteiger partial charge in [0.15, 0.2) is 11.5 Å². The quantitative estimate of drug-likeness (QED) is 0.668. The van der Waals surface area contributed by atoms with Crippen molar-refractivity contribution in [2.75, 3.05) is 32.8 Å². The summed E-state index contributed by atoms with van der Waals surface area (Å²) in [5.74, 6) is 0.375. The van der Waals surface area contributed by atoms with E-state index in [-0.39, 0.29) is 11.9 Å². The number of amides is 1. The number of rotatable bonds is 6. The van der Waals surface area contributed by atoms with Gasteiger partial charge < -0.3 is 14.6 Å². The van der Waals surface area contributed by atoms with Crippen molar-refractivity contribution in [3.63, 3.8) is 0 Å². The summed E-state index contributed by atoms with van der Waals surface area (Å²) in [6.45, 7) is 7.80. The molecule has 0 unspecified atom stereocenters. The predicted octanol–water partition coefficient (Wildman–Crippen LogP) is 3.82. The van der Waals surface area contributed by atoms with Crippen LogP contribution < -0.4 is 5.32 Å². The highest BCUT2D eigenvalue weighted by Gasteiger charge is 2.24. The van der Waals surface area contributed by atoms with E-state index in [1.54, 1.807) is 17.4 Å². The largest absolute Gasteiger partial charge is 0.379 e. The van der Waals surface area contributed by atoms with Crippen LogP contribution in [-0.2, 0) is 4.74 Å². The molecule has 1 amide bonds. The first-order valence-electron chi connectivity index (χ1n) is 9.79. The van der Waals surface area contributed by atoms with Crippen molar-refractivity contribution >= 4 is 17.2 Å². The lowest BCUT2D eigenvalue weighted by atomic mass is 10.0. The van der Waals surface area contributed by atoms with Gasteiger partial charge in [-0.25, -0.2) is 0 Å². The highest BCUT2D eigenvalue weighted by molar-refractivity contribution is 7.10. The fourth-order valence-electron chi connectivity index (χ4n) is 3.47. The van der Waals surface area contributed by atoms with Gasteiger partial charge in [0.2, 0.25) is 0 Å². The minimum Gasteiger partial charge on any atom is -0.379 e. The number of carbonyl (C=O) groups is 1. The predicted molar refractivity (Wildman–Crippen MR) is 113 cm³/mol. The molecule has 0 spiro atoms. The average Bonchev–Trinajstić information content (AvgIpc) is 3.43. The third-order valence-corrected chi connectivity index (χ3v) is 6.32. The molecule has 0 radical (unpaired) electrons. The zero-order valence-electron chi connectivity index (χ0n) is 16.7. The number of nitrogens with one attached hydrogen (secondary N) is 1. The minimum absolute atomic E-state index is 0.133. The molecule has 1 aliphatic rings. The van der Waals surface area contributed by atoms with E-state index in [9.17, 15) is 4.79 Å². The van der Waals surface area contributed by atoms with E-state index in [0.717, 1.165) is 31.9 Å². The number of thiophene rings is 1. The molecule has 3 heterocycles. The summed E-state index contributed by atoms with van der Waals surface area (Å²) in [6, 6.07) is 12.1. The molecular formula is C22H25N3O3S. The van der Waals surface area contributed by atoms with E-state index in [4.69, 9.17) is 9.26 Å². The molecule has 6 nitrogen and oxygen atoms in total. The number of nitrogens with zero attached hydrogens (tertiary/aromatic N) is 2. The average molecular weight is 412 g/mol. The fraction of sp³-hybridized carbons (Fsp3) is 0.364. The van der Waals surface area contributed by atoms with Crippen molar-refractivity contribution in [3.05, 3.63) is 63.5 Å². The SMILES string of the molecule is Cc1ccc(-c2cc(C(=O)NC[C@H](c3cccs3)N3CCOCC3)no2)cc1C. The van der Waals surface area contributed by atoms with Gasteiger partial charge in [-0.2, -0.15) is 0 Å². The van der Waals surface area contributed by atoms with Crippen LogP contribution in [0.1, 0.15) is 32.5 Å². The molecule has 0 saturated carbocycles. The van der Waals surface area contributed by atoms with Gasteiger partial charge in [0.1, 0.15) is 0 Å². The van der Waals surface area contributed by atoms with Crippen LogP contribution in [0.25, 0.3) is 11.3 Å². The lowest BCUT2D eigenvalue weighted by molar-refractivity contribution is 0.0169. The van der Waals surface area contributed by atoms with Crippen molar-refractivity contribution in [2.45, 2.75) is 19.9 Å². The first-order chi connectivity index (χ1) is 14.1. The number of benzene rings is 1. The summed E-state index contributed by atoms with van der Waals surface area (Å²) in [5.41, 5.74) is 3.61. The van der Waals surface area contributed by atoms with Gasteiger partial charge in [0.25, 0.3) is 5.91 Å². The van der Waals surface area contributed by atoms with E-state index in [2.05, 4.69) is 40.7 Å². The smallest absolute Gasteiger partial charge is 0.273 e. The Kier molecular flexibility index (Phi) is 6.08. The minimum atomic E-state index is -0.223. The Hall–Kier alpha value is -2.48. The molecule has 0 bridgehead atoms. The van der Waals surface area contributed by atoms with Crippen molar-refractivity contribution in [1.82, 2.24) is 15.4 Å². The number of carbonyl (C=O) groups excluding carboxylic acids is 1. The van der Waals surface area contributed by atoms with E-state index in [1.807, 2.05) is 24.3 Å². The molecule has 1 aromatic carbocycles. The first kappa shape index (κ1) is 19.8. The first-order valence-corrected chi connectivity index (χ1v) is 10.7. The number of hydrogen-bond donors (Lipinski definition) is 1. The zero-order valence-corrected chi connectivity index (χ0v) is 17.5. The third-order valence-electron chi connectivity index (χ3n) is 5.35. The van der Waals surface area contributed by atoms with Crippen LogP contribution in [0.3, 0.4) is 0 Å². The van der Waals surface area contributed by atoms with Gasteiger partial charge in [-0.15, -0.1) is 11.3 Å². The van der Waals surface area contributed by atoms with E-state index in [0.29, 0.717) is 18.0 Å². The Morgan fingerprint density at radius 3 is 2.76 bits per heavy atom. The molecule has 152 valence electrons. The number of hydrogen-bond acceptors (Lipinski definition) is 6. The molecule has 1 atom stereocenters. The maximum absolute atomic E-state index is 12.7. The summed E-state index contributed by atoms with van der Waals surface area (Å²) >= 11 is 1.71. The summed E-state index contributed by atoms with van der Waals surface area (Å²) in [4.78, 5) is 16.3. The maximum Gasteiger partial charge on any atom is 0.273 e. The molecule has 0 aliphatic carbocycles. The Balaban J connectivity index is 1.44. The van der Waals surface area contributed by atoms with Crippen molar-refractivity contribution < 1.29 is 14.1 Å². The van der Waals surface area contributed by atoms with Gasteiger partial charge in [0, 0.05) is 36.1 Å². The summed E-state index contributed by atoms with van der Waals surface area (Å²) in [6.07, 6.45) is 0. The zero-order chi connectivity index (χ0) is 20.2. The molecular weight excluding hydrogens is 386 g/mol. The second-order valence-corrected chi connectivity index (χ2v) is 8.24. The highest BCUT2D eigenvalue weighted by Crippen LogP contribution is 2.26. The maximum atomic E-state index is 12.7. The molecule has 29 heavy (non-hydrogen) atoms. The van der Waals surface area contributed by atoms with Crippen LogP contribution >= 0.6 is 11.3 Å². The van der Waals surface area contributed by atoms with Crippen LogP contribution in [0.15, 0.2) is 46.3 Å². The monoisotopic (exact) mass is 411 g/mol. The van der Waals surface area contributed by atoms with Crippen LogP contribution in [0, 0.1) is 13.8 Å². The molecule has 2 aromatic heterocycles. The topological polar surface area (TPSA) is 67.6 Å². The Bertz CT molecular complexity index is 962. The van der Waals surface area contributed by atoms with E-state index >= 15 is 0 Å². The molecule has 1 aliphatic heterocycles. The number of aryl methyl sites for hydroxylation is 2. The fourth-order valence-corrected chi connectivity index (χ4v) is 4.33. The molecule has 3 aromatic rings. The Morgan fingerprint density at radius 1 is 1.21 bits per heavy atom. The molecule has 1 saturated heterocycles. The van der Waals surface area contributed by atoms with Gasteiger partial charge in [-0.1, -0.05) is 23.4 Å². The second-order valence-electron chi connectivity index (χ2n) is 7.27. The Labute approximate surface area is 174 Å². The third kappa shape index (κ3) is 4.58. The summed E-state index contributed by atoms with van der Waals surface area (Å²) in [5, 5.41) is 9.08. The molecule has 1 fully saturated rings. The van der Waals surface area contributed by atoms with Crippen molar-refractivity contribution in [2.24, 2.45) is 0 Å². The standard InChI is InChI=1S/C22H25N3O3S/c1-15-5-6-17(12-16(15)2)20-13-18(24-28-20)22(26)23-14-19(21-4-3-11-29-21)25-7-9-27-10-8-25/h3-6,11-13,19H,7-10,14H2,1-2H3,(H,23,26)/t19-/m1/s1. The summed E-state index contributed by atoms with van der Waals surface area (Å²) < 4.78 is 10.9. The molecule has 4 rings (SSSR count). The second kappa shape index (κ2) is 8.90. The van der Waals surface area contributed by atoms with Gasteiger partial charge in [-0.3, -0.25) is 9.69 Å².